The summed E-state index contributed by atoms with van der Waals surface area (Å²) < 4.78 is 1.28. The zero-order valence-electron chi connectivity index (χ0n) is 13.4. The smallest absolute Gasteiger partial charge is 0.225 e. The molecule has 3 aromatic rings. The topological polar surface area (TPSA) is 45.2 Å². The number of aryl methyl sites for hydroxylation is 2. The predicted octanol–water partition coefficient (Wildman–Crippen LogP) is 3.03. The molecule has 1 aliphatic rings. The van der Waals surface area contributed by atoms with E-state index in [0.717, 1.165) is 42.8 Å². The highest BCUT2D eigenvalue weighted by Gasteiger charge is 2.21. The molecule has 1 fully saturated rings. The second kappa shape index (κ2) is 5.77. The Morgan fingerprint density at radius 1 is 0.957 bits per heavy atom. The molecule has 0 saturated carbocycles. The minimum absolute atomic E-state index is 0.822. The lowest BCUT2D eigenvalue weighted by molar-refractivity contribution is 0.639. The summed E-state index contributed by atoms with van der Waals surface area (Å²) in [7, 11) is 0. The van der Waals surface area contributed by atoms with Crippen LogP contribution in [0.25, 0.3) is 10.2 Å². The molecule has 1 aliphatic heterocycles. The lowest BCUT2D eigenvalue weighted by Crippen LogP contribution is -2.47. The SMILES string of the molecule is Cc1cc(C)c2nc(N3CCN(c4ncccn4)CC3)sc2c1. The van der Waals surface area contributed by atoms with E-state index in [9.17, 15) is 0 Å². The standard InChI is InChI=1S/C17H19N5S/c1-12-10-13(2)15-14(11-12)23-17(20-15)22-8-6-21(7-9-22)16-18-4-3-5-19-16/h3-5,10-11H,6-9H2,1-2H3. The average molecular weight is 325 g/mol. The highest BCUT2D eigenvalue weighted by molar-refractivity contribution is 7.22. The van der Waals surface area contributed by atoms with Gasteiger partial charge in [0.2, 0.25) is 5.95 Å². The maximum absolute atomic E-state index is 4.87. The second-order valence-corrected chi connectivity index (χ2v) is 6.96. The van der Waals surface area contributed by atoms with Crippen LogP contribution in [0.15, 0.2) is 30.6 Å². The van der Waals surface area contributed by atoms with Gasteiger partial charge in [0.05, 0.1) is 10.2 Å². The third kappa shape index (κ3) is 2.74. The summed E-state index contributed by atoms with van der Waals surface area (Å²) >= 11 is 1.79. The first kappa shape index (κ1) is 14.4. The van der Waals surface area contributed by atoms with Crippen LogP contribution in [0.1, 0.15) is 11.1 Å². The Labute approximate surface area is 139 Å². The van der Waals surface area contributed by atoms with Gasteiger partial charge < -0.3 is 9.80 Å². The van der Waals surface area contributed by atoms with Crippen molar-refractivity contribution < 1.29 is 0 Å². The molecule has 23 heavy (non-hydrogen) atoms. The molecule has 0 aliphatic carbocycles. The van der Waals surface area contributed by atoms with Gasteiger partial charge in [-0.1, -0.05) is 17.4 Å². The van der Waals surface area contributed by atoms with E-state index in [2.05, 4.69) is 45.7 Å². The molecule has 0 atom stereocenters. The highest BCUT2D eigenvalue weighted by atomic mass is 32.1. The molecule has 6 heteroatoms. The fraction of sp³-hybridized carbons (Fsp3) is 0.353. The van der Waals surface area contributed by atoms with Crippen LogP contribution in [0.5, 0.6) is 0 Å². The van der Waals surface area contributed by atoms with Crippen LogP contribution in [0.2, 0.25) is 0 Å². The molecule has 3 heterocycles. The lowest BCUT2D eigenvalue weighted by atomic mass is 10.1. The van der Waals surface area contributed by atoms with E-state index in [-0.39, 0.29) is 0 Å². The first-order valence-corrected chi connectivity index (χ1v) is 8.67. The molecular formula is C17H19N5S. The minimum Gasteiger partial charge on any atom is -0.345 e. The Balaban J connectivity index is 1.53. The van der Waals surface area contributed by atoms with Gasteiger partial charge in [-0.2, -0.15) is 0 Å². The molecule has 0 unspecified atom stereocenters. The zero-order chi connectivity index (χ0) is 15.8. The van der Waals surface area contributed by atoms with Crippen LogP contribution in [-0.2, 0) is 0 Å². The molecule has 118 valence electrons. The monoisotopic (exact) mass is 325 g/mol. The normalized spacial score (nSPS) is 15.4. The van der Waals surface area contributed by atoms with Gasteiger partial charge in [0, 0.05) is 38.6 Å². The van der Waals surface area contributed by atoms with Crippen LogP contribution in [0.4, 0.5) is 11.1 Å². The fourth-order valence-electron chi connectivity index (χ4n) is 3.05. The summed E-state index contributed by atoms with van der Waals surface area (Å²) in [4.78, 5) is 18.2. The Bertz CT molecular complexity index is 822. The Morgan fingerprint density at radius 3 is 2.39 bits per heavy atom. The zero-order valence-corrected chi connectivity index (χ0v) is 14.2. The van der Waals surface area contributed by atoms with Crippen molar-refractivity contribution in [2.75, 3.05) is 36.0 Å². The van der Waals surface area contributed by atoms with E-state index >= 15 is 0 Å². The summed E-state index contributed by atoms with van der Waals surface area (Å²) in [6, 6.07) is 6.29. The molecule has 0 bridgehead atoms. The van der Waals surface area contributed by atoms with Crippen molar-refractivity contribution in [3.05, 3.63) is 41.7 Å². The van der Waals surface area contributed by atoms with E-state index in [0.29, 0.717) is 0 Å². The Morgan fingerprint density at radius 2 is 1.65 bits per heavy atom. The molecule has 1 aromatic carbocycles. The number of rotatable bonds is 2. The molecule has 0 radical (unpaired) electrons. The maximum Gasteiger partial charge on any atom is 0.225 e. The van der Waals surface area contributed by atoms with E-state index in [1.54, 1.807) is 23.7 Å². The number of fused-ring (bicyclic) bond motifs is 1. The van der Waals surface area contributed by atoms with Crippen LogP contribution in [0, 0.1) is 13.8 Å². The van der Waals surface area contributed by atoms with Crippen molar-refractivity contribution in [2.24, 2.45) is 0 Å². The second-order valence-electron chi connectivity index (χ2n) is 5.95. The van der Waals surface area contributed by atoms with Gasteiger partial charge in [0.1, 0.15) is 0 Å². The average Bonchev–Trinajstić information content (AvgIpc) is 3.00. The van der Waals surface area contributed by atoms with Crippen molar-refractivity contribution in [1.29, 1.82) is 0 Å². The van der Waals surface area contributed by atoms with Gasteiger partial charge in [-0.3, -0.25) is 0 Å². The summed E-state index contributed by atoms with van der Waals surface area (Å²) in [5, 5.41) is 1.13. The van der Waals surface area contributed by atoms with E-state index in [4.69, 9.17) is 4.98 Å². The number of thiazole rings is 1. The van der Waals surface area contributed by atoms with Gasteiger partial charge in [-0.25, -0.2) is 15.0 Å². The molecule has 0 spiro atoms. The Kier molecular flexibility index (Phi) is 3.61. The number of benzene rings is 1. The van der Waals surface area contributed by atoms with Crippen molar-refractivity contribution in [3.8, 4) is 0 Å². The van der Waals surface area contributed by atoms with Gasteiger partial charge in [-0.05, 0) is 37.1 Å². The van der Waals surface area contributed by atoms with Gasteiger partial charge in [0.25, 0.3) is 0 Å². The summed E-state index contributed by atoms with van der Waals surface area (Å²) in [6.07, 6.45) is 3.60. The number of anilines is 2. The molecule has 2 aromatic heterocycles. The van der Waals surface area contributed by atoms with Gasteiger partial charge in [0.15, 0.2) is 5.13 Å². The Hall–Kier alpha value is -2.21. The van der Waals surface area contributed by atoms with Crippen LogP contribution < -0.4 is 9.80 Å². The fourth-order valence-corrected chi connectivity index (χ4v) is 4.24. The first-order chi connectivity index (χ1) is 11.2. The quantitative estimate of drug-likeness (QED) is 0.725. The minimum atomic E-state index is 0.822. The van der Waals surface area contributed by atoms with Crippen molar-refractivity contribution in [3.63, 3.8) is 0 Å². The number of nitrogens with zero attached hydrogens (tertiary/aromatic N) is 5. The van der Waals surface area contributed by atoms with E-state index < -0.39 is 0 Å². The number of aromatic nitrogens is 3. The van der Waals surface area contributed by atoms with Gasteiger partial charge >= 0.3 is 0 Å². The van der Waals surface area contributed by atoms with E-state index in [1.165, 1.54) is 15.8 Å². The summed E-state index contributed by atoms with van der Waals surface area (Å²) in [6.45, 7) is 8.05. The number of piperazine rings is 1. The summed E-state index contributed by atoms with van der Waals surface area (Å²) in [5.74, 6) is 0.822. The van der Waals surface area contributed by atoms with Crippen LogP contribution in [-0.4, -0.2) is 41.1 Å². The number of hydrogen-bond acceptors (Lipinski definition) is 6. The maximum atomic E-state index is 4.87. The molecule has 0 amide bonds. The molecular weight excluding hydrogens is 306 g/mol. The highest BCUT2D eigenvalue weighted by Crippen LogP contribution is 2.32. The summed E-state index contributed by atoms with van der Waals surface area (Å²) in [5.41, 5.74) is 3.71. The van der Waals surface area contributed by atoms with Gasteiger partial charge in [-0.15, -0.1) is 0 Å². The van der Waals surface area contributed by atoms with Crippen molar-refractivity contribution in [2.45, 2.75) is 13.8 Å². The predicted molar refractivity (Wildman–Crippen MR) is 95.6 cm³/mol. The molecule has 4 rings (SSSR count). The lowest BCUT2D eigenvalue weighted by Gasteiger charge is -2.34. The van der Waals surface area contributed by atoms with E-state index in [1.807, 2.05) is 6.07 Å². The number of hydrogen-bond donors (Lipinski definition) is 0. The molecule has 5 nitrogen and oxygen atoms in total. The van der Waals surface area contributed by atoms with Crippen molar-refractivity contribution in [1.82, 2.24) is 15.0 Å². The first-order valence-electron chi connectivity index (χ1n) is 7.85. The third-order valence-corrected chi connectivity index (χ3v) is 5.27. The third-order valence-electron chi connectivity index (χ3n) is 4.20. The molecule has 0 N–H and O–H groups in total. The van der Waals surface area contributed by atoms with Crippen LogP contribution >= 0.6 is 11.3 Å². The van der Waals surface area contributed by atoms with Crippen molar-refractivity contribution >= 4 is 32.6 Å². The molecule has 1 saturated heterocycles. The largest absolute Gasteiger partial charge is 0.345 e. The van der Waals surface area contributed by atoms with Crippen LogP contribution in [0.3, 0.4) is 0 Å².